The molecule has 0 spiro atoms. The van der Waals surface area contributed by atoms with Crippen LogP contribution in [-0.4, -0.2) is 36.0 Å². The van der Waals surface area contributed by atoms with Gasteiger partial charge in [-0.05, 0) is 38.5 Å². The maximum atomic E-state index is 11.5. The molecule has 0 radical (unpaired) electrons. The second-order valence-corrected chi connectivity index (χ2v) is 5.16. The van der Waals surface area contributed by atoms with Crippen molar-refractivity contribution in [3.8, 4) is 0 Å². The molecule has 98 valence electrons. The van der Waals surface area contributed by atoms with Gasteiger partial charge in [-0.3, -0.25) is 0 Å². The van der Waals surface area contributed by atoms with Gasteiger partial charge in [-0.1, -0.05) is 12.8 Å². The first kappa shape index (κ1) is 12.8. The Labute approximate surface area is 102 Å². The van der Waals surface area contributed by atoms with E-state index < -0.39 is 11.6 Å². The largest absolute Gasteiger partial charge is 0.479 e. The molecule has 2 rings (SSSR count). The minimum atomic E-state index is -0.942. The van der Waals surface area contributed by atoms with E-state index in [1.165, 1.54) is 0 Å². The van der Waals surface area contributed by atoms with Crippen LogP contribution >= 0.6 is 0 Å². The van der Waals surface area contributed by atoms with Gasteiger partial charge in [0.15, 0.2) is 5.60 Å². The Morgan fingerprint density at radius 3 is 2.47 bits per heavy atom. The second kappa shape index (κ2) is 5.83. The van der Waals surface area contributed by atoms with Crippen molar-refractivity contribution in [2.24, 2.45) is 0 Å². The van der Waals surface area contributed by atoms with Gasteiger partial charge < -0.3 is 14.6 Å². The van der Waals surface area contributed by atoms with E-state index in [0.717, 1.165) is 45.1 Å². The van der Waals surface area contributed by atoms with Crippen LogP contribution in [0.4, 0.5) is 0 Å². The van der Waals surface area contributed by atoms with Crippen molar-refractivity contribution >= 4 is 5.97 Å². The van der Waals surface area contributed by atoms with Crippen molar-refractivity contribution in [1.82, 2.24) is 0 Å². The average Bonchev–Trinajstić information content (AvgIpc) is 2.71. The summed E-state index contributed by atoms with van der Waals surface area (Å²) < 4.78 is 11.3. The van der Waals surface area contributed by atoms with Crippen molar-refractivity contribution in [2.45, 2.75) is 63.1 Å². The highest BCUT2D eigenvalue weighted by Crippen LogP contribution is 2.31. The zero-order valence-corrected chi connectivity index (χ0v) is 10.3. The van der Waals surface area contributed by atoms with Gasteiger partial charge >= 0.3 is 5.97 Å². The number of carbonyl (C=O) groups is 1. The summed E-state index contributed by atoms with van der Waals surface area (Å²) in [5.41, 5.74) is -0.942. The molecule has 4 heteroatoms. The van der Waals surface area contributed by atoms with Crippen LogP contribution in [0.25, 0.3) is 0 Å². The molecule has 1 saturated heterocycles. The summed E-state index contributed by atoms with van der Waals surface area (Å²) in [5.74, 6) is -0.794. The van der Waals surface area contributed by atoms with Gasteiger partial charge in [-0.15, -0.1) is 0 Å². The molecule has 0 aromatic rings. The Morgan fingerprint density at radius 1 is 1.24 bits per heavy atom. The highest BCUT2D eigenvalue weighted by Gasteiger charge is 2.40. The fraction of sp³-hybridized carbons (Fsp3) is 0.923. The van der Waals surface area contributed by atoms with Crippen molar-refractivity contribution in [2.75, 3.05) is 13.2 Å². The maximum Gasteiger partial charge on any atom is 0.335 e. The summed E-state index contributed by atoms with van der Waals surface area (Å²) in [4.78, 5) is 11.5. The van der Waals surface area contributed by atoms with Crippen LogP contribution < -0.4 is 0 Å². The first-order valence-electron chi connectivity index (χ1n) is 6.72. The molecule has 1 unspecified atom stereocenters. The molecule has 0 bridgehead atoms. The molecular weight excluding hydrogens is 220 g/mol. The summed E-state index contributed by atoms with van der Waals surface area (Å²) >= 11 is 0. The van der Waals surface area contributed by atoms with Crippen LogP contribution in [0.3, 0.4) is 0 Å². The molecule has 4 nitrogen and oxygen atoms in total. The molecular formula is C13H22O4. The van der Waals surface area contributed by atoms with Crippen molar-refractivity contribution in [3.63, 3.8) is 0 Å². The smallest absolute Gasteiger partial charge is 0.335 e. The Kier molecular flexibility index (Phi) is 4.40. The summed E-state index contributed by atoms with van der Waals surface area (Å²) in [5, 5.41) is 9.42. The highest BCUT2D eigenvalue weighted by molar-refractivity contribution is 5.77. The Hall–Kier alpha value is -0.610. The first-order valence-corrected chi connectivity index (χ1v) is 6.72. The summed E-state index contributed by atoms with van der Waals surface area (Å²) in [7, 11) is 0. The molecule has 0 aromatic carbocycles. The third-order valence-corrected chi connectivity index (χ3v) is 3.87. The fourth-order valence-electron chi connectivity index (χ4n) is 2.75. The van der Waals surface area contributed by atoms with Crippen LogP contribution in [-0.2, 0) is 14.3 Å². The van der Waals surface area contributed by atoms with E-state index in [4.69, 9.17) is 9.47 Å². The molecule has 1 N–H and O–H groups in total. The lowest BCUT2D eigenvalue weighted by atomic mass is 9.94. The molecule has 1 atom stereocenters. The van der Waals surface area contributed by atoms with Crippen molar-refractivity contribution < 1.29 is 19.4 Å². The lowest BCUT2D eigenvalue weighted by molar-refractivity contribution is -0.172. The summed E-state index contributed by atoms with van der Waals surface area (Å²) in [6.45, 7) is 1.22. The number of hydrogen-bond donors (Lipinski definition) is 1. The second-order valence-electron chi connectivity index (χ2n) is 5.16. The summed E-state index contributed by atoms with van der Waals surface area (Å²) in [6.07, 6.45) is 7.62. The maximum absolute atomic E-state index is 11.5. The Balaban J connectivity index is 1.92. The van der Waals surface area contributed by atoms with E-state index >= 15 is 0 Å². The van der Waals surface area contributed by atoms with Crippen LogP contribution in [0.2, 0.25) is 0 Å². The standard InChI is InChI=1S/C13H22O4/c14-12(15)13(7-3-1-2-4-8-13)17-10-11-6-5-9-16-11/h11H,1-10H2,(H,14,15). The zero-order valence-electron chi connectivity index (χ0n) is 10.3. The van der Waals surface area contributed by atoms with Crippen molar-refractivity contribution in [1.29, 1.82) is 0 Å². The van der Waals surface area contributed by atoms with Gasteiger partial charge in [0.1, 0.15) is 0 Å². The molecule has 1 aliphatic carbocycles. The molecule has 1 saturated carbocycles. The quantitative estimate of drug-likeness (QED) is 0.769. The van der Waals surface area contributed by atoms with Gasteiger partial charge in [-0.2, -0.15) is 0 Å². The van der Waals surface area contributed by atoms with Gasteiger partial charge in [0.2, 0.25) is 0 Å². The lowest BCUT2D eigenvalue weighted by Gasteiger charge is -2.29. The molecule has 17 heavy (non-hydrogen) atoms. The topological polar surface area (TPSA) is 55.8 Å². The lowest BCUT2D eigenvalue weighted by Crippen LogP contribution is -2.43. The monoisotopic (exact) mass is 242 g/mol. The van der Waals surface area contributed by atoms with Crippen LogP contribution in [0.1, 0.15) is 51.4 Å². The fourth-order valence-corrected chi connectivity index (χ4v) is 2.75. The molecule has 0 amide bonds. The van der Waals surface area contributed by atoms with E-state index in [-0.39, 0.29) is 6.10 Å². The minimum absolute atomic E-state index is 0.106. The van der Waals surface area contributed by atoms with Gasteiger partial charge in [0.25, 0.3) is 0 Å². The van der Waals surface area contributed by atoms with Crippen molar-refractivity contribution in [3.05, 3.63) is 0 Å². The SMILES string of the molecule is O=C(O)C1(OCC2CCCO2)CCCCCC1. The van der Waals surface area contributed by atoms with Crippen LogP contribution in [0.5, 0.6) is 0 Å². The number of ether oxygens (including phenoxy) is 2. The summed E-state index contributed by atoms with van der Waals surface area (Å²) in [6, 6.07) is 0. The number of aliphatic carboxylic acids is 1. The van der Waals surface area contributed by atoms with E-state index in [9.17, 15) is 9.90 Å². The molecule has 1 aliphatic heterocycles. The average molecular weight is 242 g/mol. The first-order chi connectivity index (χ1) is 8.23. The normalized spacial score (nSPS) is 28.8. The number of rotatable bonds is 4. The van der Waals surface area contributed by atoms with Gasteiger partial charge in [0.05, 0.1) is 12.7 Å². The van der Waals surface area contributed by atoms with Gasteiger partial charge in [-0.25, -0.2) is 4.79 Å². The number of carboxylic acid groups (broad SMARTS) is 1. The number of carboxylic acids is 1. The van der Waals surface area contributed by atoms with Crippen LogP contribution in [0.15, 0.2) is 0 Å². The molecule has 2 aliphatic rings. The van der Waals surface area contributed by atoms with Crippen LogP contribution in [0, 0.1) is 0 Å². The van der Waals surface area contributed by atoms with E-state index in [1.807, 2.05) is 0 Å². The predicted octanol–water partition coefficient (Wildman–Crippen LogP) is 2.36. The third kappa shape index (κ3) is 3.19. The Bertz CT molecular complexity index is 250. The van der Waals surface area contributed by atoms with E-state index in [2.05, 4.69) is 0 Å². The highest BCUT2D eigenvalue weighted by atomic mass is 16.6. The predicted molar refractivity (Wildman–Crippen MR) is 63.0 cm³/mol. The third-order valence-electron chi connectivity index (χ3n) is 3.87. The molecule has 2 fully saturated rings. The number of hydrogen-bond acceptors (Lipinski definition) is 3. The van der Waals surface area contributed by atoms with E-state index in [0.29, 0.717) is 19.4 Å². The zero-order chi connectivity index (χ0) is 12.1. The van der Waals surface area contributed by atoms with Gasteiger partial charge in [0, 0.05) is 6.61 Å². The Morgan fingerprint density at radius 2 is 1.94 bits per heavy atom. The van der Waals surface area contributed by atoms with E-state index in [1.54, 1.807) is 0 Å². The molecule has 0 aromatic heterocycles. The molecule has 1 heterocycles. The minimum Gasteiger partial charge on any atom is -0.479 e.